The lowest BCUT2D eigenvalue weighted by Gasteiger charge is -2.42. The Labute approximate surface area is 386 Å². The highest BCUT2D eigenvalue weighted by Crippen LogP contribution is 2.53. The van der Waals surface area contributed by atoms with Crippen LogP contribution >= 0.6 is 0 Å². The van der Waals surface area contributed by atoms with Gasteiger partial charge in [0.05, 0.1) is 11.4 Å². The molecule has 0 saturated carbocycles. The Morgan fingerprint density at radius 1 is 0.379 bits per heavy atom. The van der Waals surface area contributed by atoms with Gasteiger partial charge in [0.15, 0.2) is 0 Å². The van der Waals surface area contributed by atoms with Crippen molar-refractivity contribution in [2.24, 2.45) is 0 Å². The minimum atomic E-state index is -0.206. The van der Waals surface area contributed by atoms with Gasteiger partial charge >= 0.3 is 0 Å². The topological polar surface area (TPSA) is 6.48 Å². The molecule has 0 aromatic heterocycles. The van der Waals surface area contributed by atoms with Crippen LogP contribution in [-0.4, -0.2) is 0 Å². The molecule has 1 aliphatic carbocycles. The maximum absolute atomic E-state index is 2.51. The first kappa shape index (κ1) is 38.5. The highest BCUT2D eigenvalue weighted by Gasteiger charge is 2.37. The molecule has 0 unspecified atom stereocenters. The van der Waals surface area contributed by atoms with Crippen molar-refractivity contribution in [3.63, 3.8) is 0 Å². The molecule has 11 aromatic carbocycles. The molecule has 0 N–H and O–H groups in total. The fourth-order valence-corrected chi connectivity index (χ4v) is 11.3. The summed E-state index contributed by atoms with van der Waals surface area (Å²) in [7, 11) is 0. The van der Waals surface area contributed by atoms with Crippen LogP contribution in [0.15, 0.2) is 218 Å². The molecule has 0 bridgehead atoms. The van der Waals surface area contributed by atoms with Gasteiger partial charge in [0, 0.05) is 28.2 Å². The maximum Gasteiger partial charge on any atom is 0.0503 e. The third kappa shape index (κ3) is 6.16. The summed E-state index contributed by atoms with van der Waals surface area (Å²) < 4.78 is 0. The quantitative estimate of drug-likeness (QED) is 0.159. The normalized spacial score (nSPS) is 13.8. The van der Waals surface area contributed by atoms with Crippen molar-refractivity contribution in [2.75, 3.05) is 9.80 Å². The molecule has 13 rings (SSSR count). The van der Waals surface area contributed by atoms with Crippen LogP contribution in [0.4, 0.5) is 34.1 Å². The number of nitrogens with zero attached hydrogens (tertiary/aromatic N) is 2. The van der Waals surface area contributed by atoms with Gasteiger partial charge in [-0.25, -0.2) is 0 Å². The van der Waals surface area contributed by atoms with E-state index in [9.17, 15) is 0 Å². The lowest BCUT2D eigenvalue weighted by molar-refractivity contribution is 0.632. The number of para-hydroxylation sites is 1. The zero-order valence-corrected chi connectivity index (χ0v) is 37.3. The van der Waals surface area contributed by atoms with Crippen LogP contribution in [0.5, 0.6) is 0 Å². The molecule has 1 heterocycles. The van der Waals surface area contributed by atoms with E-state index in [1.807, 2.05) is 0 Å². The van der Waals surface area contributed by atoms with Gasteiger partial charge in [0.25, 0.3) is 0 Å². The van der Waals surface area contributed by atoms with E-state index in [2.05, 4.69) is 242 Å². The zero-order valence-electron chi connectivity index (χ0n) is 37.3. The van der Waals surface area contributed by atoms with E-state index >= 15 is 0 Å². The molecule has 0 atom stereocenters. The Kier molecular flexibility index (Phi) is 8.80. The average molecular weight is 845 g/mol. The largest absolute Gasteiger partial charge is 0.310 e. The van der Waals surface area contributed by atoms with Gasteiger partial charge in [-0.05, 0) is 174 Å². The smallest absolute Gasteiger partial charge is 0.0503 e. The van der Waals surface area contributed by atoms with Crippen molar-refractivity contribution in [2.45, 2.75) is 38.5 Å². The maximum atomic E-state index is 2.51. The van der Waals surface area contributed by atoms with Crippen molar-refractivity contribution in [3.8, 4) is 22.3 Å². The van der Waals surface area contributed by atoms with E-state index in [-0.39, 0.29) is 5.41 Å². The molecule has 2 heteroatoms. The molecule has 1 aliphatic heterocycles. The van der Waals surface area contributed by atoms with Crippen molar-refractivity contribution < 1.29 is 0 Å². The second-order valence-electron chi connectivity index (χ2n) is 18.8. The number of rotatable bonds is 5. The van der Waals surface area contributed by atoms with Gasteiger partial charge in [-0.15, -0.1) is 0 Å². The highest BCUT2D eigenvalue weighted by molar-refractivity contribution is 6.10. The van der Waals surface area contributed by atoms with Crippen molar-refractivity contribution >= 4 is 77.2 Å². The molecule has 0 radical (unpaired) electrons. The Balaban J connectivity index is 0.909. The zero-order chi connectivity index (χ0) is 43.9. The number of fused-ring (bicyclic) bond motifs is 11. The predicted molar refractivity (Wildman–Crippen MR) is 281 cm³/mol. The third-order valence-corrected chi connectivity index (χ3v) is 14.7. The molecule has 2 aliphatic rings. The van der Waals surface area contributed by atoms with E-state index in [0.29, 0.717) is 0 Å². The SMILES string of the molecule is CC1(C)c2ccccc2N(c2ccc3c(c2)CCCc2ccccc2-3)c2ccc(-c3ccc(N(c4ccc5c(ccc6ccccc65)c4)c4ccc5c(ccc6ccccc65)c4)cc3)cc21. The standard InChI is InChI=1S/C64H48N2/c1-64(2)60-20-9-10-21-62(60)66(53-33-36-57-47(38-53)16-11-15-43-12-3-6-17-54(43)57)63-37-28-46(41-61(63)64)42-26-29-50(30-27-42)65(51-31-34-58-48(39-51)24-22-44-13-4-7-18-55(44)58)52-32-35-59-49(40-52)25-23-45-14-5-8-19-56(45)59/h3-10,12-14,17-41H,11,15-16H2,1-2H3. The van der Waals surface area contributed by atoms with Crippen LogP contribution in [0.1, 0.15) is 42.5 Å². The molecular formula is C64H48N2. The van der Waals surface area contributed by atoms with E-state index in [1.165, 1.54) is 105 Å². The highest BCUT2D eigenvalue weighted by atomic mass is 15.2. The summed E-state index contributed by atoms with van der Waals surface area (Å²) in [5.74, 6) is 0. The summed E-state index contributed by atoms with van der Waals surface area (Å²) in [6, 6.07) is 81.7. The lowest BCUT2D eigenvalue weighted by atomic mass is 9.73. The minimum absolute atomic E-state index is 0.206. The Morgan fingerprint density at radius 2 is 0.924 bits per heavy atom. The van der Waals surface area contributed by atoms with Gasteiger partial charge in [0.1, 0.15) is 0 Å². The Bertz CT molecular complexity index is 3610. The first-order valence-electron chi connectivity index (χ1n) is 23.5. The molecule has 11 aromatic rings. The van der Waals surface area contributed by atoms with Gasteiger partial charge < -0.3 is 9.80 Å². The predicted octanol–water partition coefficient (Wildman–Crippen LogP) is 17.7. The molecule has 2 nitrogen and oxygen atoms in total. The third-order valence-electron chi connectivity index (χ3n) is 14.7. The van der Waals surface area contributed by atoms with Crippen molar-refractivity contribution in [1.82, 2.24) is 0 Å². The number of benzene rings is 11. The van der Waals surface area contributed by atoms with Crippen LogP contribution in [0, 0.1) is 0 Å². The first-order valence-corrected chi connectivity index (χ1v) is 23.5. The molecule has 0 saturated heterocycles. The number of anilines is 6. The Morgan fingerprint density at radius 3 is 1.65 bits per heavy atom. The second kappa shape index (κ2) is 15.1. The monoisotopic (exact) mass is 844 g/mol. The van der Waals surface area contributed by atoms with Crippen LogP contribution in [-0.2, 0) is 18.3 Å². The summed E-state index contributed by atoms with van der Waals surface area (Å²) in [5, 5.41) is 10.1. The minimum Gasteiger partial charge on any atom is -0.310 e. The summed E-state index contributed by atoms with van der Waals surface area (Å²) in [4.78, 5) is 4.92. The molecule has 314 valence electrons. The van der Waals surface area contributed by atoms with Crippen LogP contribution < -0.4 is 9.80 Å². The van der Waals surface area contributed by atoms with Gasteiger partial charge in [0.2, 0.25) is 0 Å². The number of hydrogen-bond donors (Lipinski definition) is 0. The molecule has 66 heavy (non-hydrogen) atoms. The van der Waals surface area contributed by atoms with Gasteiger partial charge in [-0.2, -0.15) is 0 Å². The van der Waals surface area contributed by atoms with Gasteiger partial charge in [-0.3, -0.25) is 0 Å². The number of hydrogen-bond acceptors (Lipinski definition) is 2. The van der Waals surface area contributed by atoms with Crippen LogP contribution in [0.25, 0.3) is 65.3 Å². The summed E-state index contributed by atoms with van der Waals surface area (Å²) in [6.07, 6.45) is 3.36. The van der Waals surface area contributed by atoms with E-state index in [4.69, 9.17) is 0 Å². The fraction of sp³-hybridized carbons (Fsp3) is 0.0938. The summed E-state index contributed by atoms with van der Waals surface area (Å²) in [6.45, 7) is 4.78. The van der Waals surface area contributed by atoms with Crippen molar-refractivity contribution in [1.29, 1.82) is 0 Å². The summed E-state index contributed by atoms with van der Waals surface area (Å²) in [5.41, 5.74) is 17.6. The average Bonchev–Trinajstić information content (AvgIpc) is 3.55. The fourth-order valence-electron chi connectivity index (χ4n) is 11.3. The number of aryl methyl sites for hydroxylation is 2. The van der Waals surface area contributed by atoms with Crippen LogP contribution in [0.2, 0.25) is 0 Å². The van der Waals surface area contributed by atoms with E-state index in [1.54, 1.807) is 0 Å². The second-order valence-corrected chi connectivity index (χ2v) is 18.8. The van der Waals surface area contributed by atoms with E-state index < -0.39 is 0 Å². The van der Waals surface area contributed by atoms with E-state index in [0.717, 1.165) is 36.3 Å². The lowest BCUT2D eigenvalue weighted by Crippen LogP contribution is -2.30. The van der Waals surface area contributed by atoms with Crippen molar-refractivity contribution in [3.05, 3.63) is 241 Å². The first-order chi connectivity index (χ1) is 32.5. The van der Waals surface area contributed by atoms with Gasteiger partial charge in [-0.1, -0.05) is 166 Å². The molecule has 0 fully saturated rings. The molecule has 0 amide bonds. The molecule has 0 spiro atoms. The molecular weight excluding hydrogens is 797 g/mol. The van der Waals surface area contributed by atoms with Crippen LogP contribution in [0.3, 0.4) is 0 Å². The Hall–Kier alpha value is -7.94. The summed E-state index contributed by atoms with van der Waals surface area (Å²) >= 11 is 0.